The first-order chi connectivity index (χ1) is 13.6. The minimum Gasteiger partial charge on any atom is -0.438 e. The van der Waals surface area contributed by atoms with Crippen molar-refractivity contribution in [3.63, 3.8) is 0 Å². The summed E-state index contributed by atoms with van der Waals surface area (Å²) in [6.07, 6.45) is 0.897. The summed E-state index contributed by atoms with van der Waals surface area (Å²) in [6.45, 7) is 4.65. The smallest absolute Gasteiger partial charge is 0.212 e. The van der Waals surface area contributed by atoms with Gasteiger partial charge in [-0.15, -0.1) is 0 Å². The molecule has 0 unspecified atom stereocenters. The van der Waals surface area contributed by atoms with E-state index >= 15 is 0 Å². The second kappa shape index (κ2) is 6.85. The van der Waals surface area contributed by atoms with Crippen molar-refractivity contribution >= 4 is 0 Å². The van der Waals surface area contributed by atoms with Crippen LogP contribution in [0.1, 0.15) is 32.2 Å². The molecule has 1 aromatic heterocycles. The van der Waals surface area contributed by atoms with Crippen LogP contribution >= 0.6 is 0 Å². The number of ether oxygens (including phenoxy) is 2. The largest absolute Gasteiger partial charge is 0.438 e. The Morgan fingerprint density at radius 2 is 1.54 bits per heavy atom. The Hall–Kier alpha value is -2.47. The molecule has 0 radical (unpaired) electrons. The van der Waals surface area contributed by atoms with E-state index in [0.717, 1.165) is 35.5 Å². The van der Waals surface area contributed by atoms with E-state index in [0.29, 0.717) is 5.89 Å². The third-order valence-corrected chi connectivity index (χ3v) is 5.34. The van der Waals surface area contributed by atoms with Gasteiger partial charge in [0.1, 0.15) is 5.69 Å². The molecule has 3 aromatic rings. The second-order valence-corrected chi connectivity index (χ2v) is 7.87. The predicted molar refractivity (Wildman–Crippen MR) is 107 cm³/mol. The minimum absolute atomic E-state index is 0.00123. The van der Waals surface area contributed by atoms with Gasteiger partial charge < -0.3 is 19.2 Å². The van der Waals surface area contributed by atoms with Crippen LogP contribution in [0.5, 0.6) is 0 Å². The number of hydrogen-bond donors (Lipinski definition) is 1. The fourth-order valence-corrected chi connectivity index (χ4v) is 4.11. The van der Waals surface area contributed by atoms with Crippen LogP contribution in [0.25, 0.3) is 22.6 Å². The summed E-state index contributed by atoms with van der Waals surface area (Å²) in [5.74, 6) is 0.964. The lowest BCUT2D eigenvalue weighted by Crippen LogP contribution is -2.44. The number of rotatable bonds is 3. The zero-order chi connectivity index (χ0) is 19.1. The van der Waals surface area contributed by atoms with Crippen molar-refractivity contribution in [1.82, 2.24) is 10.3 Å². The maximum absolute atomic E-state index is 6.33. The number of nitrogens with one attached hydrogen (secondary N) is 1. The van der Waals surface area contributed by atoms with E-state index in [2.05, 4.69) is 29.6 Å². The van der Waals surface area contributed by atoms with Crippen molar-refractivity contribution in [3.8, 4) is 22.6 Å². The number of hydrogen-bond acceptors (Lipinski definition) is 5. The van der Waals surface area contributed by atoms with Gasteiger partial charge in [-0.1, -0.05) is 60.7 Å². The number of nitrogens with zero attached hydrogens (tertiary/aromatic N) is 1. The highest BCUT2D eigenvalue weighted by Gasteiger charge is 2.45. The quantitative estimate of drug-likeness (QED) is 0.726. The Balaban J connectivity index is 1.50. The fourth-order valence-electron chi connectivity index (χ4n) is 4.11. The third-order valence-electron chi connectivity index (χ3n) is 5.34. The Kier molecular flexibility index (Phi) is 4.31. The summed E-state index contributed by atoms with van der Waals surface area (Å²) in [6, 6.07) is 20.3. The number of aromatic nitrogens is 1. The van der Waals surface area contributed by atoms with Gasteiger partial charge in [0.25, 0.3) is 0 Å². The zero-order valence-electron chi connectivity index (χ0n) is 16.1. The van der Waals surface area contributed by atoms with Gasteiger partial charge in [0.2, 0.25) is 5.89 Å². The molecular formula is C23H24N2O3. The second-order valence-electron chi connectivity index (χ2n) is 7.87. The van der Waals surface area contributed by atoms with E-state index < -0.39 is 5.79 Å². The molecule has 0 spiro atoms. The Labute approximate surface area is 164 Å². The van der Waals surface area contributed by atoms with Crippen LogP contribution in [0.2, 0.25) is 0 Å². The van der Waals surface area contributed by atoms with Gasteiger partial charge in [0.05, 0.1) is 18.2 Å². The molecule has 5 nitrogen and oxygen atoms in total. The molecule has 1 N–H and O–H groups in total. The topological polar surface area (TPSA) is 56.5 Å². The summed E-state index contributed by atoms with van der Waals surface area (Å²) in [4.78, 5) is 4.91. The molecule has 5 heteroatoms. The molecule has 2 aromatic carbocycles. The van der Waals surface area contributed by atoms with Crippen LogP contribution < -0.4 is 5.32 Å². The molecule has 3 atom stereocenters. The van der Waals surface area contributed by atoms with Crippen molar-refractivity contribution in [2.24, 2.45) is 0 Å². The number of fused-ring (bicyclic) bond motifs is 1. The summed E-state index contributed by atoms with van der Waals surface area (Å²) in [5, 5.41) is 3.53. The molecule has 0 bridgehead atoms. The lowest BCUT2D eigenvalue weighted by molar-refractivity contribution is -0.144. The van der Waals surface area contributed by atoms with Gasteiger partial charge in [-0.3, -0.25) is 0 Å². The molecule has 28 heavy (non-hydrogen) atoms. The average Bonchev–Trinajstić information content (AvgIpc) is 3.28. The molecule has 2 saturated heterocycles. The maximum atomic E-state index is 6.33. The summed E-state index contributed by atoms with van der Waals surface area (Å²) in [5.41, 5.74) is 2.94. The number of oxazole rings is 1. The predicted octanol–water partition coefficient (Wildman–Crippen LogP) is 4.56. The van der Waals surface area contributed by atoms with Crippen molar-refractivity contribution in [3.05, 3.63) is 66.6 Å². The molecule has 3 heterocycles. The molecule has 2 fully saturated rings. The van der Waals surface area contributed by atoms with E-state index in [4.69, 9.17) is 18.9 Å². The first-order valence-electron chi connectivity index (χ1n) is 9.80. The molecular weight excluding hydrogens is 352 g/mol. The van der Waals surface area contributed by atoms with Crippen LogP contribution in [-0.2, 0) is 9.47 Å². The summed E-state index contributed by atoms with van der Waals surface area (Å²) < 4.78 is 18.4. The first kappa shape index (κ1) is 17.6. The number of benzene rings is 2. The van der Waals surface area contributed by atoms with E-state index in [1.807, 2.05) is 50.2 Å². The summed E-state index contributed by atoms with van der Waals surface area (Å²) in [7, 11) is 0. The van der Waals surface area contributed by atoms with E-state index in [-0.39, 0.29) is 18.2 Å². The standard InChI is InChI=1S/C23H24N2O3/c1-23(2)27-18-13-17(24-14-19(18)28-23)22-25-20(15-9-5-3-6-10-15)21(26-22)16-11-7-4-8-12-16/h3-12,17-19,24H,13-14H2,1-2H3/t17-,18-,19-/m0/s1. The highest BCUT2D eigenvalue weighted by molar-refractivity contribution is 5.76. The Morgan fingerprint density at radius 3 is 2.25 bits per heavy atom. The van der Waals surface area contributed by atoms with Gasteiger partial charge >= 0.3 is 0 Å². The van der Waals surface area contributed by atoms with E-state index in [1.165, 1.54) is 0 Å². The van der Waals surface area contributed by atoms with E-state index in [1.54, 1.807) is 0 Å². The van der Waals surface area contributed by atoms with Gasteiger partial charge in [0.15, 0.2) is 11.5 Å². The van der Waals surface area contributed by atoms with Crippen molar-refractivity contribution in [1.29, 1.82) is 0 Å². The maximum Gasteiger partial charge on any atom is 0.212 e. The van der Waals surface area contributed by atoms with Crippen LogP contribution in [0.3, 0.4) is 0 Å². The van der Waals surface area contributed by atoms with Gasteiger partial charge in [0, 0.05) is 24.1 Å². The molecule has 144 valence electrons. The monoisotopic (exact) mass is 376 g/mol. The van der Waals surface area contributed by atoms with Crippen LogP contribution in [0.4, 0.5) is 0 Å². The summed E-state index contributed by atoms with van der Waals surface area (Å²) >= 11 is 0. The lowest BCUT2D eigenvalue weighted by atomic mass is 10.00. The highest BCUT2D eigenvalue weighted by atomic mass is 16.8. The minimum atomic E-state index is -0.535. The third kappa shape index (κ3) is 3.26. The molecule has 0 amide bonds. The average molecular weight is 376 g/mol. The molecule has 0 aliphatic carbocycles. The van der Waals surface area contributed by atoms with Crippen LogP contribution in [-0.4, -0.2) is 29.5 Å². The lowest BCUT2D eigenvalue weighted by Gasteiger charge is -2.28. The van der Waals surface area contributed by atoms with Crippen molar-refractivity contribution in [2.45, 2.75) is 44.3 Å². The SMILES string of the molecule is CC1(C)O[C@H]2CN[C@H](c3nc(-c4ccccc4)c(-c4ccccc4)o3)C[C@@H]2O1. The van der Waals surface area contributed by atoms with Crippen LogP contribution in [0.15, 0.2) is 65.1 Å². The van der Waals surface area contributed by atoms with E-state index in [9.17, 15) is 0 Å². The fraction of sp³-hybridized carbons (Fsp3) is 0.348. The molecule has 2 aliphatic rings. The number of piperidine rings is 1. The molecule has 5 rings (SSSR count). The first-order valence-corrected chi connectivity index (χ1v) is 9.80. The van der Waals surface area contributed by atoms with Gasteiger partial charge in [-0.05, 0) is 13.8 Å². The Bertz CT molecular complexity index is 895. The zero-order valence-corrected chi connectivity index (χ0v) is 16.1. The highest BCUT2D eigenvalue weighted by Crippen LogP contribution is 2.39. The normalized spacial score (nSPS) is 26.1. The van der Waals surface area contributed by atoms with Crippen molar-refractivity contribution < 1.29 is 13.9 Å². The van der Waals surface area contributed by atoms with Gasteiger partial charge in [-0.2, -0.15) is 0 Å². The Morgan fingerprint density at radius 1 is 0.893 bits per heavy atom. The van der Waals surface area contributed by atoms with Crippen LogP contribution in [0, 0.1) is 0 Å². The molecule has 0 saturated carbocycles. The van der Waals surface area contributed by atoms with Gasteiger partial charge in [-0.25, -0.2) is 4.98 Å². The molecule has 2 aliphatic heterocycles. The van der Waals surface area contributed by atoms with Crippen molar-refractivity contribution in [2.75, 3.05) is 6.54 Å².